The second-order valence-corrected chi connectivity index (χ2v) is 14.3. The lowest BCUT2D eigenvalue weighted by molar-refractivity contribution is -0.134. The number of fused-ring (bicyclic) bond motifs is 2. The molecular weight excluding hydrogens is 672 g/mol. The van der Waals surface area contributed by atoms with Gasteiger partial charge in [-0.1, -0.05) is 24.3 Å². The predicted molar refractivity (Wildman–Crippen MR) is 198 cm³/mol. The Morgan fingerprint density at radius 1 is 0.868 bits per heavy atom. The molecule has 0 saturated carbocycles. The van der Waals surface area contributed by atoms with Gasteiger partial charge in [-0.25, -0.2) is 4.98 Å². The molecule has 2 unspecified atom stereocenters. The lowest BCUT2D eigenvalue weighted by Gasteiger charge is -2.42. The minimum atomic E-state index is -0.370. The topological polar surface area (TPSA) is 146 Å². The Morgan fingerprint density at radius 3 is 2.53 bits per heavy atom. The number of benzene rings is 2. The fourth-order valence-electron chi connectivity index (χ4n) is 8.52. The van der Waals surface area contributed by atoms with Gasteiger partial charge >= 0.3 is 0 Å². The van der Waals surface area contributed by atoms with Gasteiger partial charge in [0.05, 0.1) is 35.3 Å². The van der Waals surface area contributed by atoms with E-state index in [0.29, 0.717) is 67.5 Å². The average molecular weight is 713 g/mol. The smallest absolute Gasteiger partial charge is 0.249 e. The maximum atomic E-state index is 13.5. The summed E-state index contributed by atoms with van der Waals surface area (Å²) in [6, 6.07) is 20.7. The first-order valence-electron chi connectivity index (χ1n) is 18.4. The zero-order valence-electron chi connectivity index (χ0n) is 29.2. The highest BCUT2D eigenvalue weighted by atomic mass is 16.5. The van der Waals surface area contributed by atoms with E-state index in [1.54, 1.807) is 24.4 Å². The number of rotatable bonds is 6. The van der Waals surface area contributed by atoms with Crippen LogP contribution in [0.4, 0.5) is 11.4 Å². The third-order valence-corrected chi connectivity index (χ3v) is 11.3. The number of piperidine rings is 3. The van der Waals surface area contributed by atoms with E-state index in [4.69, 9.17) is 9.72 Å². The molecule has 13 nitrogen and oxygen atoms in total. The van der Waals surface area contributed by atoms with Gasteiger partial charge in [0.2, 0.25) is 17.7 Å². The third-order valence-electron chi connectivity index (χ3n) is 11.3. The fourth-order valence-corrected chi connectivity index (χ4v) is 8.52. The molecule has 2 N–H and O–H groups in total. The third kappa shape index (κ3) is 6.14. The first-order chi connectivity index (χ1) is 25.9. The molecule has 9 rings (SSSR count). The number of pyridine rings is 1. The van der Waals surface area contributed by atoms with Crippen LogP contribution in [-0.2, 0) is 14.4 Å². The Balaban J connectivity index is 0.836. The van der Waals surface area contributed by atoms with E-state index in [1.807, 2.05) is 58.1 Å². The van der Waals surface area contributed by atoms with Gasteiger partial charge in [-0.3, -0.25) is 29.2 Å². The fraction of sp³-hybridized carbons (Fsp3) is 0.350. The van der Waals surface area contributed by atoms with Gasteiger partial charge in [-0.15, -0.1) is 10.2 Å². The monoisotopic (exact) mass is 712 g/mol. The minimum Gasteiger partial charge on any atom is -0.507 e. The van der Waals surface area contributed by atoms with Gasteiger partial charge in [0.1, 0.15) is 35.5 Å². The molecule has 4 aliphatic rings. The Kier molecular flexibility index (Phi) is 8.49. The lowest BCUT2D eigenvalue weighted by atomic mass is 9.86. The quantitative estimate of drug-likeness (QED) is 0.240. The number of hydrogen-bond acceptors (Lipinski definition) is 10. The van der Waals surface area contributed by atoms with Gasteiger partial charge in [-0.05, 0) is 92.7 Å². The van der Waals surface area contributed by atoms with Crippen LogP contribution in [0.2, 0.25) is 0 Å². The molecule has 53 heavy (non-hydrogen) atoms. The number of imide groups is 1. The molecule has 7 heterocycles. The summed E-state index contributed by atoms with van der Waals surface area (Å²) in [5, 5.41) is 21.5. The SMILES string of the molecule is O=C1CCC(N2CCOc3c(C4CCN(C5CCN(c6ccc(-n7ccc8nnc(-c9ccccc9O)cc87)nc6)C(=O)C5)CC4)cccc32)C(=O)N1. The first kappa shape index (κ1) is 33.0. The molecule has 270 valence electrons. The summed E-state index contributed by atoms with van der Waals surface area (Å²) in [6.07, 6.45) is 7.79. The molecule has 0 spiro atoms. The molecule has 2 atom stereocenters. The lowest BCUT2D eigenvalue weighted by Crippen LogP contribution is -2.54. The van der Waals surface area contributed by atoms with Crippen LogP contribution in [0, 0.1) is 0 Å². The van der Waals surface area contributed by atoms with Crippen molar-refractivity contribution in [1.29, 1.82) is 0 Å². The highest BCUT2D eigenvalue weighted by molar-refractivity contribution is 6.02. The van der Waals surface area contributed by atoms with E-state index in [1.165, 1.54) is 5.56 Å². The van der Waals surface area contributed by atoms with Crippen molar-refractivity contribution in [2.24, 2.45) is 0 Å². The number of phenols is 1. The summed E-state index contributed by atoms with van der Waals surface area (Å²) in [5.74, 6) is 1.68. The summed E-state index contributed by atoms with van der Waals surface area (Å²) in [7, 11) is 0. The molecule has 2 aromatic carbocycles. The molecular formula is C40H40N8O5. The average Bonchev–Trinajstić information content (AvgIpc) is 3.61. The van der Waals surface area contributed by atoms with Crippen molar-refractivity contribution in [3.05, 3.63) is 84.7 Å². The molecule has 0 aliphatic carbocycles. The van der Waals surface area contributed by atoms with E-state index < -0.39 is 0 Å². The number of nitrogens with zero attached hydrogens (tertiary/aromatic N) is 7. The maximum absolute atomic E-state index is 13.5. The van der Waals surface area contributed by atoms with E-state index >= 15 is 0 Å². The van der Waals surface area contributed by atoms with E-state index in [0.717, 1.165) is 55.0 Å². The van der Waals surface area contributed by atoms with Crippen molar-refractivity contribution in [2.75, 3.05) is 42.6 Å². The molecule has 0 bridgehead atoms. The second kappa shape index (κ2) is 13.6. The molecule has 13 heteroatoms. The zero-order chi connectivity index (χ0) is 36.1. The standard InChI is InChI=1S/C40H40N8O5/c49-35-7-2-1-4-29(35)31-23-34-30(43-44-31)15-19-48(34)36-10-8-27(24-41-36)46-18-14-26(22-38(46)51)45-16-12-25(13-17-45)28-5-3-6-32-39(28)53-21-20-47(32)33-9-11-37(50)42-40(33)52/h1-8,10,15,19,23-26,33,49H,9,11-14,16-18,20-22H2,(H,42,50,52). The summed E-state index contributed by atoms with van der Waals surface area (Å²) in [5.41, 5.74) is 5.59. The molecule has 5 aromatic rings. The second-order valence-electron chi connectivity index (χ2n) is 14.3. The first-order valence-corrected chi connectivity index (χ1v) is 18.4. The zero-order valence-corrected chi connectivity index (χ0v) is 29.2. The highest BCUT2D eigenvalue weighted by Crippen LogP contribution is 2.43. The summed E-state index contributed by atoms with van der Waals surface area (Å²) in [6.45, 7) is 3.55. The number of amides is 3. The van der Waals surface area contributed by atoms with Crippen LogP contribution < -0.4 is 19.9 Å². The van der Waals surface area contributed by atoms with Gasteiger partial charge in [0, 0.05) is 37.2 Å². The molecule has 3 aromatic heterocycles. The Hall–Kier alpha value is -5.82. The van der Waals surface area contributed by atoms with Crippen LogP contribution in [0.3, 0.4) is 0 Å². The number of aromatic hydroxyl groups is 1. The summed E-state index contributed by atoms with van der Waals surface area (Å²) >= 11 is 0. The number of ether oxygens (including phenoxy) is 1. The van der Waals surface area contributed by atoms with Gasteiger partial charge < -0.3 is 19.6 Å². The number of likely N-dealkylation sites (tertiary alicyclic amines) is 1. The number of nitrogens with one attached hydrogen (secondary N) is 1. The molecule has 4 aliphatic heterocycles. The largest absolute Gasteiger partial charge is 0.507 e. The number of para-hydroxylation sites is 2. The van der Waals surface area contributed by atoms with Crippen molar-refractivity contribution < 1.29 is 24.2 Å². The van der Waals surface area contributed by atoms with Gasteiger partial charge in [0.25, 0.3) is 0 Å². The number of carbonyl (C=O) groups is 3. The van der Waals surface area contributed by atoms with Crippen LogP contribution >= 0.6 is 0 Å². The Morgan fingerprint density at radius 2 is 1.74 bits per heavy atom. The predicted octanol–water partition coefficient (Wildman–Crippen LogP) is 4.57. The molecule has 3 amide bonds. The van der Waals surface area contributed by atoms with Crippen molar-refractivity contribution in [1.82, 2.24) is 30.0 Å². The van der Waals surface area contributed by atoms with Crippen molar-refractivity contribution in [3.8, 4) is 28.6 Å². The molecule has 0 radical (unpaired) electrons. The number of aromatic nitrogens is 4. The normalized spacial score (nSPS) is 21.4. The minimum absolute atomic E-state index is 0.103. The maximum Gasteiger partial charge on any atom is 0.249 e. The van der Waals surface area contributed by atoms with Gasteiger partial charge in [0.15, 0.2) is 0 Å². The van der Waals surface area contributed by atoms with Crippen LogP contribution in [0.25, 0.3) is 28.1 Å². The molecule has 3 fully saturated rings. The summed E-state index contributed by atoms with van der Waals surface area (Å²) in [4.78, 5) is 49.2. The van der Waals surface area contributed by atoms with Gasteiger partial charge in [-0.2, -0.15) is 0 Å². The molecule has 3 saturated heterocycles. The number of hydrogen-bond donors (Lipinski definition) is 2. The number of phenolic OH excluding ortho intramolecular Hbond substituents is 1. The highest BCUT2D eigenvalue weighted by Gasteiger charge is 2.37. The van der Waals surface area contributed by atoms with E-state index in [9.17, 15) is 19.5 Å². The van der Waals surface area contributed by atoms with Crippen molar-refractivity contribution >= 4 is 40.1 Å². The van der Waals surface area contributed by atoms with Crippen LogP contribution in [0.1, 0.15) is 50.0 Å². The van der Waals surface area contributed by atoms with Crippen LogP contribution in [0.15, 0.2) is 79.1 Å². The van der Waals surface area contributed by atoms with Crippen LogP contribution in [-0.4, -0.2) is 92.3 Å². The van der Waals surface area contributed by atoms with Crippen LogP contribution in [0.5, 0.6) is 11.5 Å². The summed E-state index contributed by atoms with van der Waals surface area (Å²) < 4.78 is 8.18. The Bertz CT molecular complexity index is 2210. The Labute approximate surface area is 306 Å². The van der Waals surface area contributed by atoms with E-state index in [-0.39, 0.29) is 35.6 Å². The van der Waals surface area contributed by atoms with Crippen molar-refractivity contribution in [2.45, 2.75) is 56.5 Å². The number of carbonyl (C=O) groups excluding carboxylic acids is 3. The number of anilines is 2. The van der Waals surface area contributed by atoms with E-state index in [2.05, 4.69) is 31.4 Å². The van der Waals surface area contributed by atoms with Crippen molar-refractivity contribution in [3.63, 3.8) is 0 Å².